The molecule has 1 aromatic rings. The lowest BCUT2D eigenvalue weighted by Gasteiger charge is -2.03. The highest BCUT2D eigenvalue weighted by Gasteiger charge is 2.05. The Balaban J connectivity index is 3.26. The third kappa shape index (κ3) is 2.08. The van der Waals surface area contributed by atoms with Crippen molar-refractivity contribution in [2.75, 3.05) is 5.73 Å². The monoisotopic (exact) mass is 177 g/mol. The van der Waals surface area contributed by atoms with E-state index in [0.29, 0.717) is 5.69 Å². The highest BCUT2D eigenvalue weighted by Crippen LogP contribution is 2.17. The van der Waals surface area contributed by atoms with Crippen LogP contribution in [0.3, 0.4) is 0 Å². The Morgan fingerprint density at radius 3 is 2.38 bits per heavy atom. The number of aromatic carboxylic acids is 1. The fraction of sp³-hybridized carbons (Fsp3) is 0.100. The number of benzene rings is 1. The molecule has 0 amide bonds. The van der Waals surface area contributed by atoms with E-state index in [-0.39, 0.29) is 5.56 Å². The highest BCUT2D eigenvalue weighted by atomic mass is 16.4. The highest BCUT2D eigenvalue weighted by molar-refractivity contribution is 5.90. The van der Waals surface area contributed by atoms with Crippen molar-refractivity contribution in [2.24, 2.45) is 0 Å². The number of rotatable bonds is 2. The van der Waals surface area contributed by atoms with Crippen molar-refractivity contribution in [1.29, 1.82) is 0 Å². The average Bonchev–Trinajstić information content (AvgIpc) is 2.03. The molecule has 0 aromatic heterocycles. The van der Waals surface area contributed by atoms with E-state index < -0.39 is 5.97 Å². The molecule has 13 heavy (non-hydrogen) atoms. The zero-order chi connectivity index (χ0) is 10.0. The van der Waals surface area contributed by atoms with Gasteiger partial charge in [-0.1, -0.05) is 12.2 Å². The topological polar surface area (TPSA) is 63.3 Å². The van der Waals surface area contributed by atoms with E-state index in [4.69, 9.17) is 10.8 Å². The van der Waals surface area contributed by atoms with Crippen LogP contribution in [0.2, 0.25) is 0 Å². The molecule has 3 heteroatoms. The van der Waals surface area contributed by atoms with Crippen molar-refractivity contribution in [1.82, 2.24) is 0 Å². The quantitative estimate of drug-likeness (QED) is 0.679. The summed E-state index contributed by atoms with van der Waals surface area (Å²) in [5, 5.41) is 8.73. The molecule has 0 atom stereocenters. The standard InChI is InChI=1S/C10H11NO2/c1-6(2)7-3-8(10(12)13)5-9(11)4-7/h3-5H,1,11H2,2H3,(H,12,13). The van der Waals surface area contributed by atoms with Crippen molar-refractivity contribution in [3.63, 3.8) is 0 Å². The van der Waals surface area contributed by atoms with Gasteiger partial charge in [-0.05, 0) is 30.7 Å². The molecule has 0 aliphatic heterocycles. The Morgan fingerprint density at radius 2 is 1.92 bits per heavy atom. The van der Waals surface area contributed by atoms with Crippen molar-refractivity contribution in [2.45, 2.75) is 6.92 Å². The van der Waals surface area contributed by atoms with Gasteiger partial charge in [-0.2, -0.15) is 0 Å². The molecule has 0 bridgehead atoms. The smallest absolute Gasteiger partial charge is 0.335 e. The summed E-state index contributed by atoms with van der Waals surface area (Å²) in [6.45, 7) is 5.52. The predicted molar refractivity (Wildman–Crippen MR) is 52.5 cm³/mol. The Hall–Kier alpha value is -1.77. The van der Waals surface area contributed by atoms with Gasteiger partial charge in [-0.3, -0.25) is 0 Å². The Bertz CT molecular complexity index is 337. The predicted octanol–water partition coefficient (Wildman–Crippen LogP) is 2.00. The Kier molecular flexibility index (Phi) is 2.37. The Labute approximate surface area is 76.5 Å². The molecule has 0 aliphatic rings. The minimum atomic E-state index is -0.977. The van der Waals surface area contributed by atoms with Gasteiger partial charge in [0.05, 0.1) is 5.56 Å². The summed E-state index contributed by atoms with van der Waals surface area (Å²) in [6.07, 6.45) is 0. The first kappa shape index (κ1) is 9.32. The number of nitrogens with two attached hydrogens (primary N) is 1. The van der Waals surface area contributed by atoms with Crippen LogP contribution in [0.5, 0.6) is 0 Å². The minimum absolute atomic E-state index is 0.193. The average molecular weight is 177 g/mol. The van der Waals surface area contributed by atoms with Gasteiger partial charge in [0.2, 0.25) is 0 Å². The zero-order valence-corrected chi connectivity index (χ0v) is 7.37. The number of anilines is 1. The van der Waals surface area contributed by atoms with Crippen LogP contribution >= 0.6 is 0 Å². The number of carbonyl (C=O) groups is 1. The van der Waals surface area contributed by atoms with E-state index in [1.807, 2.05) is 0 Å². The van der Waals surface area contributed by atoms with Crippen LogP contribution in [0, 0.1) is 0 Å². The summed E-state index contributed by atoms with van der Waals surface area (Å²) in [5.74, 6) is -0.977. The van der Waals surface area contributed by atoms with Gasteiger partial charge in [-0.15, -0.1) is 0 Å². The zero-order valence-electron chi connectivity index (χ0n) is 7.37. The molecule has 0 unspecified atom stereocenters. The molecular formula is C10H11NO2. The van der Waals surface area contributed by atoms with Gasteiger partial charge in [0.15, 0.2) is 0 Å². The molecule has 68 valence electrons. The van der Waals surface area contributed by atoms with Crippen LogP contribution in [0.4, 0.5) is 5.69 Å². The first-order chi connectivity index (χ1) is 6.00. The first-order valence-electron chi connectivity index (χ1n) is 3.80. The number of nitrogen functional groups attached to an aromatic ring is 1. The SMILES string of the molecule is C=C(C)c1cc(N)cc(C(=O)O)c1. The van der Waals surface area contributed by atoms with Crippen LogP contribution < -0.4 is 5.73 Å². The second kappa shape index (κ2) is 3.31. The van der Waals surface area contributed by atoms with Crippen molar-refractivity contribution in [3.05, 3.63) is 35.9 Å². The van der Waals surface area contributed by atoms with E-state index in [2.05, 4.69) is 6.58 Å². The number of carboxylic acids is 1. The first-order valence-corrected chi connectivity index (χ1v) is 3.80. The molecule has 3 N–H and O–H groups in total. The van der Waals surface area contributed by atoms with E-state index in [1.54, 1.807) is 19.1 Å². The van der Waals surface area contributed by atoms with E-state index in [9.17, 15) is 4.79 Å². The van der Waals surface area contributed by atoms with Crippen LogP contribution in [0.15, 0.2) is 24.8 Å². The maximum Gasteiger partial charge on any atom is 0.335 e. The lowest BCUT2D eigenvalue weighted by atomic mass is 10.0. The number of hydrogen-bond acceptors (Lipinski definition) is 2. The van der Waals surface area contributed by atoms with Gasteiger partial charge >= 0.3 is 5.97 Å². The molecule has 0 radical (unpaired) electrons. The molecule has 0 saturated heterocycles. The van der Waals surface area contributed by atoms with Gasteiger partial charge < -0.3 is 10.8 Å². The van der Waals surface area contributed by atoms with E-state index >= 15 is 0 Å². The lowest BCUT2D eigenvalue weighted by Crippen LogP contribution is -1.99. The second-order valence-corrected chi connectivity index (χ2v) is 2.93. The van der Waals surface area contributed by atoms with Gasteiger partial charge in [0, 0.05) is 5.69 Å². The molecule has 0 fully saturated rings. The van der Waals surface area contributed by atoms with Gasteiger partial charge in [-0.25, -0.2) is 4.79 Å². The summed E-state index contributed by atoms with van der Waals surface area (Å²) in [4.78, 5) is 10.6. The van der Waals surface area contributed by atoms with Crippen LogP contribution in [0.1, 0.15) is 22.8 Å². The van der Waals surface area contributed by atoms with Crippen molar-refractivity contribution < 1.29 is 9.90 Å². The second-order valence-electron chi connectivity index (χ2n) is 2.93. The van der Waals surface area contributed by atoms with E-state index in [0.717, 1.165) is 11.1 Å². The number of allylic oxidation sites excluding steroid dienone is 1. The number of carboxylic acid groups (broad SMARTS) is 1. The molecule has 0 spiro atoms. The molecule has 0 aliphatic carbocycles. The van der Waals surface area contributed by atoms with Crippen molar-refractivity contribution >= 4 is 17.2 Å². The molecule has 1 aromatic carbocycles. The van der Waals surface area contributed by atoms with Crippen LogP contribution in [-0.2, 0) is 0 Å². The maximum atomic E-state index is 10.6. The van der Waals surface area contributed by atoms with Gasteiger partial charge in [0.25, 0.3) is 0 Å². The largest absolute Gasteiger partial charge is 0.478 e. The normalized spacial score (nSPS) is 9.62. The summed E-state index contributed by atoms with van der Waals surface area (Å²) in [5.41, 5.74) is 7.73. The fourth-order valence-electron chi connectivity index (χ4n) is 1.02. The van der Waals surface area contributed by atoms with E-state index in [1.165, 1.54) is 6.07 Å². The summed E-state index contributed by atoms with van der Waals surface area (Å²) < 4.78 is 0. The maximum absolute atomic E-state index is 10.6. The van der Waals surface area contributed by atoms with Gasteiger partial charge in [0.1, 0.15) is 0 Å². The summed E-state index contributed by atoms with van der Waals surface area (Å²) >= 11 is 0. The summed E-state index contributed by atoms with van der Waals surface area (Å²) in [6, 6.07) is 4.69. The third-order valence-electron chi connectivity index (χ3n) is 1.70. The molecule has 0 saturated carbocycles. The van der Waals surface area contributed by atoms with Crippen LogP contribution in [-0.4, -0.2) is 11.1 Å². The lowest BCUT2D eigenvalue weighted by molar-refractivity contribution is 0.0697. The molecule has 3 nitrogen and oxygen atoms in total. The molecular weight excluding hydrogens is 166 g/mol. The fourth-order valence-corrected chi connectivity index (χ4v) is 1.02. The van der Waals surface area contributed by atoms with Crippen LogP contribution in [0.25, 0.3) is 5.57 Å². The van der Waals surface area contributed by atoms with Crippen molar-refractivity contribution in [3.8, 4) is 0 Å². The number of hydrogen-bond donors (Lipinski definition) is 2. The molecule has 1 rings (SSSR count). The third-order valence-corrected chi connectivity index (χ3v) is 1.70. The minimum Gasteiger partial charge on any atom is -0.478 e. The molecule has 0 heterocycles. The Morgan fingerprint density at radius 1 is 1.38 bits per heavy atom. The summed E-state index contributed by atoms with van der Waals surface area (Å²) in [7, 11) is 0.